The lowest BCUT2D eigenvalue weighted by Gasteiger charge is -2.20. The zero-order valence-corrected chi connectivity index (χ0v) is 18.1. The van der Waals surface area contributed by atoms with Gasteiger partial charge in [-0.05, 0) is 51.1 Å². The first-order chi connectivity index (χ1) is 13.8. The number of carbonyl (C=O) groups excluding carboxylic acids is 1. The summed E-state index contributed by atoms with van der Waals surface area (Å²) in [5.74, 6) is 0. The van der Waals surface area contributed by atoms with Crippen LogP contribution in [0.1, 0.15) is 20.8 Å². The van der Waals surface area contributed by atoms with Crippen molar-refractivity contribution in [1.29, 1.82) is 0 Å². The number of benzene rings is 2. The van der Waals surface area contributed by atoms with Crippen LogP contribution < -0.4 is 14.9 Å². The van der Waals surface area contributed by atoms with Gasteiger partial charge in [0.15, 0.2) is 0 Å². The highest BCUT2D eigenvalue weighted by Crippen LogP contribution is 2.32. The van der Waals surface area contributed by atoms with Gasteiger partial charge in [0.2, 0.25) is 10.0 Å². The lowest BCUT2D eigenvalue weighted by Crippen LogP contribution is -2.27. The summed E-state index contributed by atoms with van der Waals surface area (Å²) in [6.07, 6.45) is 0.382. The molecule has 0 aliphatic heterocycles. The van der Waals surface area contributed by atoms with Crippen LogP contribution >= 0.6 is 0 Å². The van der Waals surface area contributed by atoms with E-state index in [1.807, 2.05) is 0 Å². The SMILES string of the molecule is CN(c1ccc(Nc2cccc(NC(=O)OC(C)(C)C)c2)c([N+](=O)[O-])c1)S(C)(=O)=O. The number of nitrogens with zero attached hydrogens (tertiary/aromatic N) is 2. The topological polar surface area (TPSA) is 131 Å². The van der Waals surface area contributed by atoms with Crippen LogP contribution in [0.15, 0.2) is 42.5 Å². The molecule has 1 amide bonds. The molecule has 0 heterocycles. The van der Waals surface area contributed by atoms with Gasteiger partial charge in [0.25, 0.3) is 5.69 Å². The van der Waals surface area contributed by atoms with Gasteiger partial charge < -0.3 is 10.1 Å². The van der Waals surface area contributed by atoms with Gasteiger partial charge in [0, 0.05) is 24.5 Å². The Morgan fingerprint density at radius 3 is 2.33 bits per heavy atom. The van der Waals surface area contributed by atoms with Gasteiger partial charge in [0.05, 0.1) is 16.9 Å². The number of carbonyl (C=O) groups is 1. The molecule has 2 N–H and O–H groups in total. The number of sulfonamides is 1. The summed E-state index contributed by atoms with van der Waals surface area (Å²) < 4.78 is 29.5. The van der Waals surface area contributed by atoms with E-state index in [0.29, 0.717) is 11.4 Å². The Balaban J connectivity index is 2.27. The second-order valence-corrected chi connectivity index (χ2v) is 9.54. The van der Waals surface area contributed by atoms with Crippen molar-refractivity contribution in [1.82, 2.24) is 0 Å². The van der Waals surface area contributed by atoms with Gasteiger partial charge >= 0.3 is 6.09 Å². The minimum Gasteiger partial charge on any atom is -0.444 e. The van der Waals surface area contributed by atoms with Crippen molar-refractivity contribution < 1.29 is 22.9 Å². The summed E-state index contributed by atoms with van der Waals surface area (Å²) in [7, 11) is -2.25. The first-order valence-corrected chi connectivity index (χ1v) is 10.7. The Hall–Kier alpha value is -3.34. The summed E-state index contributed by atoms with van der Waals surface area (Å²) in [6.45, 7) is 5.23. The fourth-order valence-electron chi connectivity index (χ4n) is 2.42. The monoisotopic (exact) mass is 436 g/mol. The first kappa shape index (κ1) is 22.9. The molecule has 11 heteroatoms. The predicted octanol–water partition coefficient (Wildman–Crippen LogP) is 4.08. The maximum Gasteiger partial charge on any atom is 0.412 e. The molecule has 0 spiro atoms. The quantitative estimate of drug-likeness (QED) is 0.515. The van der Waals surface area contributed by atoms with E-state index in [1.54, 1.807) is 45.0 Å². The van der Waals surface area contributed by atoms with E-state index in [1.165, 1.54) is 25.2 Å². The van der Waals surface area contributed by atoms with E-state index in [4.69, 9.17) is 4.74 Å². The molecule has 0 bridgehead atoms. The molecule has 162 valence electrons. The molecule has 0 saturated carbocycles. The largest absolute Gasteiger partial charge is 0.444 e. The highest BCUT2D eigenvalue weighted by atomic mass is 32.2. The Kier molecular flexibility index (Phi) is 6.56. The molecule has 0 radical (unpaired) electrons. The van der Waals surface area contributed by atoms with Crippen LogP contribution in [0.5, 0.6) is 0 Å². The van der Waals surface area contributed by atoms with Crippen molar-refractivity contribution in [2.45, 2.75) is 26.4 Å². The van der Waals surface area contributed by atoms with E-state index in [-0.39, 0.29) is 17.1 Å². The van der Waals surface area contributed by atoms with Crippen molar-refractivity contribution in [2.75, 3.05) is 28.2 Å². The van der Waals surface area contributed by atoms with Crippen LogP contribution in [-0.2, 0) is 14.8 Å². The molecule has 30 heavy (non-hydrogen) atoms. The molecule has 2 aromatic carbocycles. The van der Waals surface area contributed by atoms with Crippen molar-refractivity contribution in [3.8, 4) is 0 Å². The maximum absolute atomic E-state index is 11.9. The maximum atomic E-state index is 11.9. The minimum atomic E-state index is -3.56. The van der Waals surface area contributed by atoms with Crippen molar-refractivity contribution in [3.63, 3.8) is 0 Å². The number of nitro groups is 1. The lowest BCUT2D eigenvalue weighted by molar-refractivity contribution is -0.383. The molecule has 0 aliphatic rings. The Morgan fingerprint density at radius 1 is 1.13 bits per heavy atom. The van der Waals surface area contributed by atoms with Crippen molar-refractivity contribution in [3.05, 3.63) is 52.6 Å². The predicted molar refractivity (Wildman–Crippen MR) is 116 cm³/mol. The molecular formula is C19H24N4O6S. The molecule has 2 rings (SSSR count). The minimum absolute atomic E-state index is 0.162. The number of nitro benzene ring substituents is 1. The van der Waals surface area contributed by atoms with Crippen molar-refractivity contribution >= 4 is 44.6 Å². The molecule has 0 atom stereocenters. The lowest BCUT2D eigenvalue weighted by atomic mass is 10.2. The summed E-state index contributed by atoms with van der Waals surface area (Å²) in [5.41, 5.74) is 0.298. The molecule has 0 aromatic heterocycles. The number of hydrogen-bond acceptors (Lipinski definition) is 7. The molecule has 0 aliphatic carbocycles. The van der Waals surface area contributed by atoms with E-state index >= 15 is 0 Å². The van der Waals surface area contributed by atoms with Crippen LogP contribution in [-0.4, -0.2) is 38.3 Å². The van der Waals surface area contributed by atoms with Gasteiger partial charge in [-0.25, -0.2) is 13.2 Å². The number of amides is 1. The molecule has 0 saturated heterocycles. The first-order valence-electron chi connectivity index (χ1n) is 8.86. The third-order valence-electron chi connectivity index (χ3n) is 3.83. The standard InChI is InChI=1S/C19H24N4O6S/c1-19(2,3)29-18(24)21-14-8-6-7-13(11-14)20-16-10-9-15(12-17(16)23(25)26)22(4)30(5,27)28/h6-12,20H,1-5H3,(H,21,24). The molecule has 0 fully saturated rings. The van der Waals surface area contributed by atoms with Crippen molar-refractivity contribution in [2.24, 2.45) is 0 Å². The third kappa shape index (κ3) is 6.34. The van der Waals surface area contributed by atoms with E-state index in [9.17, 15) is 23.3 Å². The second kappa shape index (κ2) is 8.57. The van der Waals surface area contributed by atoms with Crippen LogP contribution in [0.4, 0.5) is 33.2 Å². The smallest absolute Gasteiger partial charge is 0.412 e. The van der Waals surface area contributed by atoms with Gasteiger partial charge in [-0.2, -0.15) is 0 Å². The number of ether oxygens (including phenoxy) is 1. The normalized spacial score (nSPS) is 11.5. The van der Waals surface area contributed by atoms with E-state index in [2.05, 4.69) is 10.6 Å². The molecule has 0 unspecified atom stereocenters. The third-order valence-corrected chi connectivity index (χ3v) is 5.03. The number of hydrogen-bond donors (Lipinski definition) is 2. The van der Waals surface area contributed by atoms with E-state index in [0.717, 1.165) is 10.6 Å². The molecule has 10 nitrogen and oxygen atoms in total. The van der Waals surface area contributed by atoms with Gasteiger partial charge in [-0.3, -0.25) is 19.7 Å². The van der Waals surface area contributed by atoms with Crippen LogP contribution in [0, 0.1) is 10.1 Å². The molecular weight excluding hydrogens is 412 g/mol. The van der Waals surface area contributed by atoms with Gasteiger partial charge in [0.1, 0.15) is 11.3 Å². The fourth-order valence-corrected chi connectivity index (χ4v) is 2.91. The van der Waals surface area contributed by atoms with Gasteiger partial charge in [-0.1, -0.05) is 6.07 Å². The number of anilines is 4. The molecule has 2 aromatic rings. The summed E-state index contributed by atoms with van der Waals surface area (Å²) in [4.78, 5) is 22.8. The second-order valence-electron chi connectivity index (χ2n) is 7.52. The summed E-state index contributed by atoms with van der Waals surface area (Å²) in [5, 5.41) is 17.0. The van der Waals surface area contributed by atoms with Crippen LogP contribution in [0.25, 0.3) is 0 Å². The number of rotatable bonds is 6. The fraction of sp³-hybridized carbons (Fsp3) is 0.316. The highest BCUT2D eigenvalue weighted by molar-refractivity contribution is 7.92. The van der Waals surface area contributed by atoms with Gasteiger partial charge in [-0.15, -0.1) is 0 Å². The Labute approximate surface area is 175 Å². The zero-order chi connectivity index (χ0) is 22.7. The summed E-state index contributed by atoms with van der Waals surface area (Å²) in [6, 6.07) is 10.6. The van der Waals surface area contributed by atoms with E-state index < -0.39 is 26.6 Å². The van der Waals surface area contributed by atoms with Crippen LogP contribution in [0.3, 0.4) is 0 Å². The Bertz CT molecular complexity index is 1060. The Morgan fingerprint density at radius 2 is 1.77 bits per heavy atom. The summed E-state index contributed by atoms with van der Waals surface area (Å²) >= 11 is 0. The van der Waals surface area contributed by atoms with Crippen LogP contribution in [0.2, 0.25) is 0 Å². The average Bonchev–Trinajstić information content (AvgIpc) is 2.59. The zero-order valence-electron chi connectivity index (χ0n) is 17.3. The average molecular weight is 436 g/mol. The number of nitrogens with one attached hydrogen (secondary N) is 2. The highest BCUT2D eigenvalue weighted by Gasteiger charge is 2.20.